The molecule has 0 saturated carbocycles. The van der Waals surface area contributed by atoms with Gasteiger partial charge >= 0.3 is 5.97 Å². The average molecular weight is 491 g/mol. The van der Waals surface area contributed by atoms with Gasteiger partial charge in [0.25, 0.3) is 21.3 Å². The number of anilines is 3. The van der Waals surface area contributed by atoms with E-state index in [1.807, 2.05) is 0 Å². The molecule has 0 radical (unpaired) electrons. The number of sulfonamides is 1. The molecule has 1 unspecified atom stereocenters. The van der Waals surface area contributed by atoms with Crippen LogP contribution in [0.25, 0.3) is 0 Å². The Morgan fingerprint density at radius 3 is 2.24 bits per heavy atom. The summed E-state index contributed by atoms with van der Waals surface area (Å²) in [7, 11) is -3.99. The molecule has 1 aliphatic heterocycles. The van der Waals surface area contributed by atoms with Crippen molar-refractivity contribution in [2.45, 2.75) is 17.7 Å². The Labute approximate surface area is 192 Å². The molecule has 2 N–H and O–H groups in total. The number of fused-ring (bicyclic) bond motifs is 1. The summed E-state index contributed by atoms with van der Waals surface area (Å²) >= 11 is -2.52. The molecule has 11 heteroatoms. The van der Waals surface area contributed by atoms with Crippen LogP contribution >= 0.6 is 0 Å². The largest absolute Gasteiger partial charge is 0.478 e. The number of nitrogens with zero attached hydrogens (tertiary/aromatic N) is 2. The van der Waals surface area contributed by atoms with Crippen molar-refractivity contribution in [1.82, 2.24) is 0 Å². The lowest BCUT2D eigenvalue weighted by Crippen LogP contribution is -2.35. The Balaban J connectivity index is 1.77. The molecule has 0 saturated heterocycles. The molecule has 1 heterocycles. The van der Waals surface area contributed by atoms with Gasteiger partial charge in [-0.05, 0) is 79.1 Å². The highest BCUT2D eigenvalue weighted by Crippen LogP contribution is 2.37. The van der Waals surface area contributed by atoms with Crippen molar-refractivity contribution in [2.24, 2.45) is 0 Å². The van der Waals surface area contributed by atoms with Gasteiger partial charge in [0.2, 0.25) is 0 Å². The summed E-state index contributed by atoms with van der Waals surface area (Å²) < 4.78 is 64.2. The molecule has 1 atom stereocenters. The molecule has 0 bridgehead atoms. The van der Waals surface area contributed by atoms with Crippen molar-refractivity contribution in [3.8, 4) is 0 Å². The van der Waals surface area contributed by atoms with E-state index < -0.39 is 33.1 Å². The van der Waals surface area contributed by atoms with Crippen LogP contribution < -0.4 is 8.61 Å². The molecule has 0 spiro atoms. The van der Waals surface area contributed by atoms with E-state index in [-0.39, 0.29) is 28.4 Å². The number of rotatable bonds is 6. The van der Waals surface area contributed by atoms with Gasteiger partial charge in [-0.15, -0.1) is 0 Å². The standard InChI is InChI=1S/C22H19FN2O6S2/c23-17-6-11-20(12-7-17)33(30,31)24-13-1-2-15-3-10-19(14-21(15)24)25(32(28)29)18-8-4-16(5-9-18)22(26)27/h3-12,14H,1-2,13H2,(H,26,27)(H,28,29). The van der Waals surface area contributed by atoms with Crippen molar-refractivity contribution in [3.05, 3.63) is 83.7 Å². The van der Waals surface area contributed by atoms with Gasteiger partial charge in [-0.2, -0.15) is 0 Å². The molecule has 172 valence electrons. The molecule has 4 rings (SSSR count). The Morgan fingerprint density at radius 1 is 1.00 bits per heavy atom. The minimum Gasteiger partial charge on any atom is -0.478 e. The topological polar surface area (TPSA) is 115 Å². The van der Waals surface area contributed by atoms with Gasteiger partial charge < -0.3 is 5.11 Å². The van der Waals surface area contributed by atoms with Gasteiger partial charge in [-0.3, -0.25) is 8.86 Å². The molecule has 0 aliphatic carbocycles. The highest BCUT2D eigenvalue weighted by atomic mass is 32.2. The summed E-state index contributed by atoms with van der Waals surface area (Å²) in [4.78, 5) is 11.0. The first-order valence-electron chi connectivity index (χ1n) is 9.84. The summed E-state index contributed by atoms with van der Waals surface area (Å²) in [6.07, 6.45) is 1.21. The lowest BCUT2D eigenvalue weighted by atomic mass is 10.0. The van der Waals surface area contributed by atoms with Gasteiger partial charge in [-0.25, -0.2) is 26.1 Å². The normalized spacial score (nSPS) is 14.4. The first kappa shape index (κ1) is 22.9. The summed E-state index contributed by atoms with van der Waals surface area (Å²) in [5.74, 6) is -1.68. The van der Waals surface area contributed by atoms with Gasteiger partial charge in [0, 0.05) is 6.54 Å². The molecule has 1 aliphatic rings. The smallest absolute Gasteiger partial charge is 0.335 e. The van der Waals surface area contributed by atoms with Gasteiger partial charge in [0.15, 0.2) is 0 Å². The van der Waals surface area contributed by atoms with E-state index in [0.717, 1.165) is 22.0 Å². The fraction of sp³-hybridized carbons (Fsp3) is 0.136. The van der Waals surface area contributed by atoms with Crippen molar-refractivity contribution in [1.29, 1.82) is 0 Å². The third-order valence-electron chi connectivity index (χ3n) is 5.29. The second-order valence-corrected chi connectivity index (χ2v) is 10.0. The maximum absolute atomic E-state index is 13.3. The predicted octanol–water partition coefficient (Wildman–Crippen LogP) is 3.94. The van der Waals surface area contributed by atoms with Crippen molar-refractivity contribution < 1.29 is 31.5 Å². The van der Waals surface area contributed by atoms with E-state index >= 15 is 0 Å². The van der Waals surface area contributed by atoms with Gasteiger partial charge in [0.05, 0.1) is 27.5 Å². The van der Waals surface area contributed by atoms with Crippen molar-refractivity contribution in [2.75, 3.05) is 15.2 Å². The number of aromatic carboxylic acids is 1. The quantitative estimate of drug-likeness (QED) is 0.506. The highest BCUT2D eigenvalue weighted by Gasteiger charge is 2.30. The number of hydrogen-bond acceptors (Lipinski definition) is 4. The summed E-state index contributed by atoms with van der Waals surface area (Å²) in [6, 6.07) is 14.8. The Bertz CT molecular complexity index is 1330. The molecular formula is C22H19FN2O6S2. The first-order chi connectivity index (χ1) is 15.7. The zero-order valence-corrected chi connectivity index (χ0v) is 18.7. The SMILES string of the molecule is O=C(O)c1ccc(N(c2ccc3c(c2)N(S(=O)(=O)c2ccc(F)cc2)CCC3)S(=O)O)cc1. The fourth-order valence-corrected chi connectivity index (χ4v) is 5.84. The van der Waals surface area contributed by atoms with Crippen LogP contribution in [0.3, 0.4) is 0 Å². The second kappa shape index (κ2) is 8.93. The minimum atomic E-state index is -3.99. The molecule has 0 fully saturated rings. The molecule has 3 aromatic carbocycles. The summed E-state index contributed by atoms with van der Waals surface area (Å²) in [6.45, 7) is 0.200. The number of halogens is 1. The Morgan fingerprint density at radius 2 is 1.64 bits per heavy atom. The number of aryl methyl sites for hydroxylation is 1. The molecule has 3 aromatic rings. The van der Waals surface area contributed by atoms with Crippen LogP contribution in [-0.4, -0.2) is 34.8 Å². The Hall–Kier alpha value is -3.28. The maximum atomic E-state index is 13.3. The van der Waals surface area contributed by atoms with Crippen LogP contribution in [0.2, 0.25) is 0 Å². The monoisotopic (exact) mass is 490 g/mol. The van der Waals surface area contributed by atoms with E-state index in [4.69, 9.17) is 5.11 Å². The van der Waals surface area contributed by atoms with Crippen LogP contribution in [0.5, 0.6) is 0 Å². The number of carbonyl (C=O) groups is 1. The highest BCUT2D eigenvalue weighted by molar-refractivity contribution is 7.92. The van der Waals surface area contributed by atoms with Crippen LogP contribution in [0.1, 0.15) is 22.3 Å². The maximum Gasteiger partial charge on any atom is 0.335 e. The summed E-state index contributed by atoms with van der Waals surface area (Å²) in [5.41, 5.74) is 1.63. The summed E-state index contributed by atoms with van der Waals surface area (Å²) in [5, 5.41) is 9.08. The zero-order chi connectivity index (χ0) is 23.8. The lowest BCUT2D eigenvalue weighted by Gasteiger charge is -2.32. The zero-order valence-electron chi connectivity index (χ0n) is 17.1. The number of carboxylic acid groups (broad SMARTS) is 1. The van der Waals surface area contributed by atoms with Crippen molar-refractivity contribution in [3.63, 3.8) is 0 Å². The van der Waals surface area contributed by atoms with E-state index in [9.17, 15) is 26.4 Å². The van der Waals surface area contributed by atoms with Gasteiger partial charge in [-0.1, -0.05) is 6.07 Å². The van der Waals surface area contributed by atoms with Crippen molar-refractivity contribution >= 4 is 44.3 Å². The minimum absolute atomic E-state index is 0.0180. The predicted molar refractivity (Wildman–Crippen MR) is 122 cm³/mol. The van der Waals surface area contributed by atoms with Crippen LogP contribution in [-0.2, 0) is 27.7 Å². The van der Waals surface area contributed by atoms with Crippen LogP contribution in [0, 0.1) is 5.82 Å². The fourth-order valence-electron chi connectivity index (χ4n) is 3.71. The third-order valence-corrected chi connectivity index (χ3v) is 7.85. The van der Waals surface area contributed by atoms with E-state index in [2.05, 4.69) is 0 Å². The number of carboxylic acids is 1. The lowest BCUT2D eigenvalue weighted by molar-refractivity contribution is 0.0697. The van der Waals surface area contributed by atoms with Crippen LogP contribution in [0.15, 0.2) is 71.6 Å². The number of hydrogen-bond donors (Lipinski definition) is 2. The molecule has 0 aromatic heterocycles. The second-order valence-electron chi connectivity index (χ2n) is 7.32. The molecule has 8 nitrogen and oxygen atoms in total. The van der Waals surface area contributed by atoms with Gasteiger partial charge in [0.1, 0.15) is 5.82 Å². The van der Waals surface area contributed by atoms with Crippen LogP contribution in [0.4, 0.5) is 21.5 Å². The van der Waals surface area contributed by atoms with E-state index in [1.54, 1.807) is 12.1 Å². The molecular weight excluding hydrogens is 471 g/mol. The third kappa shape index (κ3) is 4.47. The van der Waals surface area contributed by atoms with E-state index in [0.29, 0.717) is 18.5 Å². The Kier molecular flexibility index (Phi) is 6.19. The molecule has 33 heavy (non-hydrogen) atoms. The first-order valence-corrected chi connectivity index (χ1v) is 12.3. The van der Waals surface area contributed by atoms with E-state index in [1.165, 1.54) is 46.8 Å². The number of benzene rings is 3. The average Bonchev–Trinajstić information content (AvgIpc) is 2.79. The molecule has 0 amide bonds.